The third kappa shape index (κ3) is 3.50. The van der Waals surface area contributed by atoms with Gasteiger partial charge < -0.3 is 15.5 Å². The lowest BCUT2D eigenvalue weighted by Gasteiger charge is -2.57. The van der Waals surface area contributed by atoms with Gasteiger partial charge in [-0.25, -0.2) is 0 Å². The Morgan fingerprint density at radius 3 is 2.62 bits per heavy atom. The predicted octanol–water partition coefficient (Wildman–Crippen LogP) is 4.12. The van der Waals surface area contributed by atoms with Crippen LogP contribution in [0.2, 0.25) is 0 Å². The van der Waals surface area contributed by atoms with Crippen LogP contribution >= 0.6 is 0 Å². The number of nitrogens with one attached hydrogen (secondary N) is 1. The Morgan fingerprint density at radius 1 is 1.21 bits per heavy atom. The van der Waals surface area contributed by atoms with E-state index < -0.39 is 5.54 Å². The smallest absolute Gasteiger partial charge is 0.244 e. The Balaban J connectivity index is 1.56. The van der Waals surface area contributed by atoms with E-state index in [9.17, 15) is 15.0 Å². The van der Waals surface area contributed by atoms with E-state index in [1.54, 1.807) is 0 Å². The van der Waals surface area contributed by atoms with Crippen molar-refractivity contribution in [3.8, 4) is 0 Å². The van der Waals surface area contributed by atoms with Gasteiger partial charge >= 0.3 is 0 Å². The Bertz CT molecular complexity index is 738. The third-order valence-corrected chi connectivity index (χ3v) is 9.09. The van der Waals surface area contributed by atoms with Crippen molar-refractivity contribution in [1.29, 1.82) is 0 Å². The molecule has 0 bridgehead atoms. The van der Waals surface area contributed by atoms with Crippen LogP contribution in [0.4, 0.5) is 0 Å². The Morgan fingerprint density at radius 2 is 1.90 bits per heavy atom. The molecule has 29 heavy (non-hydrogen) atoms. The maximum Gasteiger partial charge on any atom is 0.244 e. The molecule has 162 valence electrons. The molecular formula is C25H39NO3. The van der Waals surface area contributed by atoms with Crippen molar-refractivity contribution < 1.29 is 15.0 Å². The fourth-order valence-corrected chi connectivity index (χ4v) is 7.29. The summed E-state index contributed by atoms with van der Waals surface area (Å²) in [5.74, 6) is 1.99. The highest BCUT2D eigenvalue weighted by Crippen LogP contribution is 2.66. The number of amides is 1. The molecule has 3 fully saturated rings. The molecule has 4 nitrogen and oxygen atoms in total. The van der Waals surface area contributed by atoms with Gasteiger partial charge in [-0.05, 0) is 93.8 Å². The van der Waals surface area contributed by atoms with Gasteiger partial charge in [0.25, 0.3) is 0 Å². The molecule has 0 saturated heterocycles. The first-order chi connectivity index (χ1) is 13.6. The van der Waals surface area contributed by atoms with Gasteiger partial charge in [-0.1, -0.05) is 31.1 Å². The van der Waals surface area contributed by atoms with Gasteiger partial charge in [0, 0.05) is 6.08 Å². The van der Waals surface area contributed by atoms with Gasteiger partial charge in [0.05, 0.1) is 18.2 Å². The number of aliphatic hydroxyl groups is 2. The standard InChI is InChI=1S/C25H39NO3/c1-23(2,15-27)26-22(29)14-17-6-8-20-19-7-5-16-13-18(28)9-11-24(16,3)21(19)10-12-25(17,20)4/h5,14,18-21,27-28H,6-13,15H2,1-4H3,(H,26,29)/b17-14+/t18-,19-,20-,21-,24-,25+/m0/s1. The van der Waals surface area contributed by atoms with Crippen LogP contribution in [-0.2, 0) is 4.79 Å². The first-order valence-corrected chi connectivity index (χ1v) is 11.6. The van der Waals surface area contributed by atoms with E-state index in [1.165, 1.54) is 24.0 Å². The van der Waals surface area contributed by atoms with E-state index in [4.69, 9.17) is 0 Å². The second-order valence-corrected chi connectivity index (χ2v) is 11.4. The largest absolute Gasteiger partial charge is 0.394 e. The molecule has 3 saturated carbocycles. The van der Waals surface area contributed by atoms with Crippen LogP contribution in [-0.4, -0.2) is 34.4 Å². The molecule has 6 atom stereocenters. The summed E-state index contributed by atoms with van der Waals surface area (Å²) < 4.78 is 0. The van der Waals surface area contributed by atoms with E-state index in [2.05, 4.69) is 25.2 Å². The number of carbonyl (C=O) groups is 1. The van der Waals surface area contributed by atoms with E-state index >= 15 is 0 Å². The van der Waals surface area contributed by atoms with Gasteiger partial charge in [0.2, 0.25) is 5.91 Å². The van der Waals surface area contributed by atoms with Crippen LogP contribution in [0.5, 0.6) is 0 Å². The summed E-state index contributed by atoms with van der Waals surface area (Å²) in [6, 6.07) is 0. The fourth-order valence-electron chi connectivity index (χ4n) is 7.29. The lowest BCUT2D eigenvalue weighted by atomic mass is 9.48. The minimum Gasteiger partial charge on any atom is -0.394 e. The first-order valence-electron chi connectivity index (χ1n) is 11.6. The maximum absolute atomic E-state index is 12.6. The molecule has 0 unspecified atom stereocenters. The van der Waals surface area contributed by atoms with E-state index in [1.807, 2.05) is 19.9 Å². The van der Waals surface area contributed by atoms with Crippen molar-refractivity contribution in [1.82, 2.24) is 5.32 Å². The molecule has 0 heterocycles. The summed E-state index contributed by atoms with van der Waals surface area (Å²) in [6.45, 7) is 8.49. The molecule has 4 heteroatoms. The van der Waals surface area contributed by atoms with Gasteiger partial charge in [-0.3, -0.25) is 4.79 Å². The van der Waals surface area contributed by atoms with Crippen molar-refractivity contribution in [2.45, 2.75) is 90.7 Å². The molecule has 0 spiro atoms. The Kier molecular flexibility index (Phi) is 5.26. The minimum atomic E-state index is -0.588. The first kappa shape index (κ1) is 21.1. The molecule has 3 N–H and O–H groups in total. The van der Waals surface area contributed by atoms with Crippen molar-refractivity contribution >= 4 is 5.91 Å². The fraction of sp³-hybridized carbons (Fsp3) is 0.800. The number of allylic oxidation sites excluding steroid dienone is 2. The molecular weight excluding hydrogens is 362 g/mol. The monoisotopic (exact) mass is 401 g/mol. The quantitative estimate of drug-likeness (QED) is 0.492. The van der Waals surface area contributed by atoms with Gasteiger partial charge in [0.1, 0.15) is 0 Å². The summed E-state index contributed by atoms with van der Waals surface area (Å²) in [7, 11) is 0. The highest BCUT2D eigenvalue weighted by molar-refractivity contribution is 5.89. The average Bonchev–Trinajstić information content (AvgIpc) is 2.98. The van der Waals surface area contributed by atoms with Crippen LogP contribution in [0.25, 0.3) is 0 Å². The summed E-state index contributed by atoms with van der Waals surface area (Å²) in [4.78, 5) is 12.6. The molecule has 4 rings (SSSR count). The maximum atomic E-state index is 12.6. The van der Waals surface area contributed by atoms with Crippen LogP contribution in [0.3, 0.4) is 0 Å². The molecule has 0 aromatic rings. The highest BCUT2D eigenvalue weighted by Gasteiger charge is 2.57. The lowest BCUT2D eigenvalue weighted by molar-refractivity contribution is -0.118. The number of aliphatic hydroxyl groups excluding tert-OH is 2. The molecule has 0 aromatic carbocycles. The minimum absolute atomic E-state index is 0.0620. The van der Waals surface area contributed by atoms with E-state index in [0.29, 0.717) is 11.8 Å². The Labute approximate surface area is 175 Å². The molecule has 4 aliphatic carbocycles. The van der Waals surface area contributed by atoms with E-state index in [-0.39, 0.29) is 29.4 Å². The highest BCUT2D eigenvalue weighted by atomic mass is 16.3. The number of fused-ring (bicyclic) bond motifs is 5. The van der Waals surface area contributed by atoms with Gasteiger partial charge in [-0.15, -0.1) is 0 Å². The van der Waals surface area contributed by atoms with Crippen molar-refractivity contribution in [3.05, 3.63) is 23.3 Å². The van der Waals surface area contributed by atoms with Gasteiger partial charge in [-0.2, -0.15) is 0 Å². The van der Waals surface area contributed by atoms with Crippen molar-refractivity contribution in [2.24, 2.45) is 28.6 Å². The second kappa shape index (κ2) is 7.23. The van der Waals surface area contributed by atoms with Gasteiger partial charge in [0.15, 0.2) is 0 Å². The molecule has 0 aromatic heterocycles. The number of carbonyl (C=O) groups excluding carboxylic acids is 1. The second-order valence-electron chi connectivity index (χ2n) is 11.4. The molecule has 4 aliphatic rings. The van der Waals surface area contributed by atoms with Crippen molar-refractivity contribution in [3.63, 3.8) is 0 Å². The Hall–Kier alpha value is -1.13. The third-order valence-electron chi connectivity index (χ3n) is 9.09. The number of hydrogen-bond donors (Lipinski definition) is 3. The SMILES string of the molecule is CC(C)(CO)NC(=O)/C=C1\CC[C@H]2[C@@H]3CC=C4C[C@@H](O)CC[C@]4(C)[C@H]3CC[C@]12C. The topological polar surface area (TPSA) is 69.6 Å². The number of rotatable bonds is 3. The number of hydrogen-bond acceptors (Lipinski definition) is 3. The zero-order valence-corrected chi connectivity index (χ0v) is 18.6. The average molecular weight is 402 g/mol. The normalized spacial score (nSPS) is 43.2. The van der Waals surface area contributed by atoms with E-state index in [0.717, 1.165) is 44.4 Å². The molecule has 1 amide bonds. The zero-order valence-electron chi connectivity index (χ0n) is 18.6. The van der Waals surface area contributed by atoms with Crippen molar-refractivity contribution in [2.75, 3.05) is 6.61 Å². The lowest BCUT2D eigenvalue weighted by Crippen LogP contribution is -2.49. The van der Waals surface area contributed by atoms with Crippen LogP contribution in [0.15, 0.2) is 23.3 Å². The summed E-state index contributed by atoms with van der Waals surface area (Å²) >= 11 is 0. The molecule has 0 radical (unpaired) electrons. The van der Waals surface area contributed by atoms with Crippen LogP contribution in [0, 0.1) is 28.6 Å². The predicted molar refractivity (Wildman–Crippen MR) is 115 cm³/mol. The summed E-state index contributed by atoms with van der Waals surface area (Å²) in [5, 5.41) is 22.6. The zero-order chi connectivity index (χ0) is 21.0. The summed E-state index contributed by atoms with van der Waals surface area (Å²) in [5.41, 5.74) is 2.62. The van der Waals surface area contributed by atoms with Crippen LogP contribution < -0.4 is 5.32 Å². The molecule has 0 aliphatic heterocycles. The van der Waals surface area contributed by atoms with Crippen LogP contribution in [0.1, 0.15) is 79.1 Å². The summed E-state index contributed by atoms with van der Waals surface area (Å²) in [6.07, 6.45) is 12.8.